The molecule has 2 aromatic carbocycles. The van der Waals surface area contributed by atoms with Crippen molar-refractivity contribution in [1.82, 2.24) is 13.9 Å². The largest absolute Gasteiger partial charge is 0.328 e. The Morgan fingerprint density at radius 2 is 1.81 bits per heavy atom. The molecule has 2 atom stereocenters. The zero-order chi connectivity index (χ0) is 23.2. The fourth-order valence-corrected chi connectivity index (χ4v) is 5.22. The van der Waals surface area contributed by atoms with Crippen molar-refractivity contribution in [2.45, 2.75) is 31.3 Å². The van der Waals surface area contributed by atoms with Crippen LogP contribution in [0, 0.1) is 17.5 Å². The molecule has 0 spiro atoms. The van der Waals surface area contributed by atoms with Gasteiger partial charge in [-0.3, -0.25) is 4.57 Å². The predicted molar refractivity (Wildman–Crippen MR) is 114 cm³/mol. The Morgan fingerprint density at radius 3 is 2.47 bits per heavy atom. The number of aromatic nitrogens is 2. The molecule has 0 amide bonds. The van der Waals surface area contributed by atoms with Crippen molar-refractivity contribution in [2.24, 2.45) is 7.05 Å². The van der Waals surface area contributed by atoms with Gasteiger partial charge >= 0.3 is 5.69 Å². The quantitative estimate of drug-likeness (QED) is 0.630. The molecule has 0 unspecified atom stereocenters. The molecule has 0 aliphatic carbocycles. The van der Waals surface area contributed by atoms with E-state index in [0.717, 1.165) is 24.1 Å². The van der Waals surface area contributed by atoms with E-state index in [0.29, 0.717) is 18.9 Å². The Bertz CT molecular complexity index is 1330. The molecule has 0 saturated heterocycles. The lowest BCUT2D eigenvalue weighted by Gasteiger charge is -2.33. The number of rotatable bonds is 5. The fraction of sp³-hybridized carbons (Fsp3) is 0.318. The van der Waals surface area contributed by atoms with Crippen molar-refractivity contribution in [3.63, 3.8) is 0 Å². The van der Waals surface area contributed by atoms with E-state index in [1.165, 1.54) is 21.3 Å². The van der Waals surface area contributed by atoms with E-state index in [1.54, 1.807) is 19.3 Å². The number of nitrogens with zero attached hydrogens (tertiary/aromatic N) is 2. The summed E-state index contributed by atoms with van der Waals surface area (Å²) in [5.41, 5.74) is 0.687. The smallest absolute Gasteiger partial charge is 0.302 e. The first-order valence-electron chi connectivity index (χ1n) is 10.0. The van der Waals surface area contributed by atoms with Crippen molar-refractivity contribution in [2.75, 3.05) is 6.26 Å². The van der Waals surface area contributed by atoms with Crippen molar-refractivity contribution < 1.29 is 21.6 Å². The van der Waals surface area contributed by atoms with E-state index in [1.807, 2.05) is 0 Å². The predicted octanol–water partition coefficient (Wildman–Crippen LogP) is 2.92. The van der Waals surface area contributed by atoms with Gasteiger partial charge in [-0.1, -0.05) is 18.2 Å². The molecule has 2 heterocycles. The van der Waals surface area contributed by atoms with E-state index in [4.69, 9.17) is 0 Å². The van der Waals surface area contributed by atoms with Crippen LogP contribution in [-0.4, -0.2) is 29.8 Å². The number of benzene rings is 2. The van der Waals surface area contributed by atoms with Gasteiger partial charge in [0.05, 0.1) is 12.3 Å². The number of sulfonamides is 1. The molecule has 6 nitrogen and oxygen atoms in total. The Balaban J connectivity index is 1.78. The van der Waals surface area contributed by atoms with Crippen LogP contribution >= 0.6 is 0 Å². The lowest BCUT2D eigenvalue weighted by atomic mass is 9.91. The lowest BCUT2D eigenvalue weighted by molar-refractivity contribution is 0.314. The van der Waals surface area contributed by atoms with Crippen LogP contribution in [0.15, 0.2) is 47.4 Å². The minimum atomic E-state index is -3.58. The summed E-state index contributed by atoms with van der Waals surface area (Å²) in [4.78, 5) is 12.7. The van der Waals surface area contributed by atoms with Crippen LogP contribution in [0.25, 0.3) is 11.1 Å². The maximum atomic E-state index is 15.4. The third-order valence-electron chi connectivity index (χ3n) is 5.71. The summed E-state index contributed by atoms with van der Waals surface area (Å²) in [5, 5.41) is 0. The third kappa shape index (κ3) is 4.37. The van der Waals surface area contributed by atoms with Gasteiger partial charge in [0.1, 0.15) is 17.5 Å². The molecule has 32 heavy (non-hydrogen) atoms. The van der Waals surface area contributed by atoms with Crippen LogP contribution in [0.4, 0.5) is 13.2 Å². The average molecular weight is 465 g/mol. The molecule has 1 aliphatic rings. The Morgan fingerprint density at radius 1 is 1.12 bits per heavy atom. The van der Waals surface area contributed by atoms with Crippen LogP contribution in [-0.2, 0) is 29.9 Å². The second kappa shape index (κ2) is 8.25. The van der Waals surface area contributed by atoms with Gasteiger partial charge in [-0.05, 0) is 42.5 Å². The summed E-state index contributed by atoms with van der Waals surface area (Å²) in [6, 6.07) is 6.00. The molecule has 10 heteroatoms. The lowest BCUT2D eigenvalue weighted by Crippen LogP contribution is -2.47. The zero-order valence-electron chi connectivity index (χ0n) is 17.5. The average Bonchev–Trinajstić information content (AvgIpc) is 2.97. The molecule has 1 aliphatic heterocycles. The highest BCUT2D eigenvalue weighted by molar-refractivity contribution is 7.88. The minimum Gasteiger partial charge on any atom is -0.302 e. The second-order valence-electron chi connectivity index (χ2n) is 8.13. The maximum Gasteiger partial charge on any atom is 0.328 e. The van der Waals surface area contributed by atoms with E-state index in [-0.39, 0.29) is 28.8 Å². The van der Waals surface area contributed by atoms with Crippen LogP contribution in [0.1, 0.15) is 23.7 Å². The van der Waals surface area contributed by atoms with Gasteiger partial charge < -0.3 is 4.57 Å². The summed E-state index contributed by atoms with van der Waals surface area (Å²) in [7, 11) is -1.98. The highest BCUT2D eigenvalue weighted by Crippen LogP contribution is 2.32. The van der Waals surface area contributed by atoms with Gasteiger partial charge in [0, 0.05) is 36.6 Å². The molecule has 0 radical (unpaired) electrons. The molecule has 0 bridgehead atoms. The number of halogens is 3. The number of nitrogens with one attached hydrogen (secondary N) is 1. The maximum absolute atomic E-state index is 15.4. The third-order valence-corrected chi connectivity index (χ3v) is 6.45. The van der Waals surface area contributed by atoms with Gasteiger partial charge in [0.15, 0.2) is 0 Å². The minimum absolute atomic E-state index is 0.0155. The van der Waals surface area contributed by atoms with E-state index in [2.05, 4.69) is 4.72 Å². The standard InChI is InChI=1S/C22H22F3N3O3S/c1-27-12-17-6-7-19(26-32(2,30)31)20(28(17)22(27)29)10-13-4-3-5-18(21(13)25)14-8-15(23)11-16(24)9-14/h3-5,8-9,11-12,19-20,26H,6-7,10H2,1-2H3/t19-,20-/m0/s1. The number of hydrogen-bond donors (Lipinski definition) is 1. The molecule has 3 aromatic rings. The Hall–Kier alpha value is -2.85. The number of imidazole rings is 1. The van der Waals surface area contributed by atoms with E-state index >= 15 is 4.39 Å². The van der Waals surface area contributed by atoms with Crippen molar-refractivity contribution in [3.8, 4) is 11.1 Å². The summed E-state index contributed by atoms with van der Waals surface area (Å²) < 4.78 is 72.1. The first kappa shape index (κ1) is 22.3. The van der Waals surface area contributed by atoms with Crippen molar-refractivity contribution in [1.29, 1.82) is 0 Å². The van der Waals surface area contributed by atoms with Crippen molar-refractivity contribution in [3.05, 3.63) is 81.8 Å². The topological polar surface area (TPSA) is 73.1 Å². The number of aryl methyl sites for hydroxylation is 2. The number of fused-ring (bicyclic) bond motifs is 1. The zero-order valence-corrected chi connectivity index (χ0v) is 18.3. The first-order valence-corrected chi connectivity index (χ1v) is 11.9. The molecule has 1 N–H and O–H groups in total. The molecule has 0 fully saturated rings. The normalized spacial score (nSPS) is 18.5. The van der Waals surface area contributed by atoms with E-state index < -0.39 is 39.6 Å². The summed E-state index contributed by atoms with van der Waals surface area (Å²) in [5.74, 6) is -2.32. The van der Waals surface area contributed by atoms with Crippen LogP contribution in [0.3, 0.4) is 0 Å². The molecule has 0 saturated carbocycles. The van der Waals surface area contributed by atoms with Gasteiger partial charge in [-0.25, -0.2) is 31.1 Å². The molecule has 170 valence electrons. The van der Waals surface area contributed by atoms with E-state index in [9.17, 15) is 22.0 Å². The van der Waals surface area contributed by atoms with Crippen LogP contribution < -0.4 is 10.4 Å². The SMILES string of the molecule is Cn1cc2n(c1=O)[C@@H](Cc1cccc(-c3cc(F)cc(F)c3)c1F)[C@@H](NS(C)(=O)=O)CC2. The summed E-state index contributed by atoms with van der Waals surface area (Å²) in [6.45, 7) is 0. The second-order valence-corrected chi connectivity index (χ2v) is 9.91. The summed E-state index contributed by atoms with van der Waals surface area (Å²) >= 11 is 0. The van der Waals surface area contributed by atoms with Crippen molar-refractivity contribution >= 4 is 10.0 Å². The molecular formula is C22H22F3N3O3S. The molecule has 4 rings (SSSR count). The molecule has 1 aromatic heterocycles. The Kier molecular flexibility index (Phi) is 5.76. The highest BCUT2D eigenvalue weighted by Gasteiger charge is 2.34. The number of hydrogen-bond acceptors (Lipinski definition) is 3. The van der Waals surface area contributed by atoms with Gasteiger partial charge in [-0.15, -0.1) is 0 Å². The molecular weight excluding hydrogens is 443 g/mol. The van der Waals surface area contributed by atoms with Crippen LogP contribution in [0.2, 0.25) is 0 Å². The summed E-state index contributed by atoms with van der Waals surface area (Å²) in [6.07, 6.45) is 3.67. The van der Waals surface area contributed by atoms with Crippen LogP contribution in [0.5, 0.6) is 0 Å². The van der Waals surface area contributed by atoms with Gasteiger partial charge in [0.2, 0.25) is 10.0 Å². The monoisotopic (exact) mass is 465 g/mol. The van der Waals surface area contributed by atoms with Gasteiger partial charge in [0.25, 0.3) is 0 Å². The Labute approximate surface area is 183 Å². The first-order chi connectivity index (χ1) is 15.0. The fourth-order valence-electron chi connectivity index (χ4n) is 4.39. The highest BCUT2D eigenvalue weighted by atomic mass is 32.2. The van der Waals surface area contributed by atoms with Gasteiger partial charge in [-0.2, -0.15) is 0 Å².